The molecule has 0 aliphatic carbocycles. The number of nitrogens with zero attached hydrogens (tertiary/aromatic N) is 5. The van der Waals surface area contributed by atoms with Crippen LogP contribution in [0.5, 0.6) is 0 Å². The van der Waals surface area contributed by atoms with Crippen LogP contribution in [0, 0.1) is 6.92 Å². The molecular formula is C19H26N6O. The lowest BCUT2D eigenvalue weighted by Crippen LogP contribution is -2.30. The predicted molar refractivity (Wildman–Crippen MR) is 100.0 cm³/mol. The van der Waals surface area contributed by atoms with E-state index in [1.54, 1.807) is 6.20 Å². The maximum absolute atomic E-state index is 12.3. The number of hydrogen-bond acceptors (Lipinski definition) is 6. The number of aromatic nitrogens is 4. The number of anilines is 1. The molecule has 1 saturated heterocycles. The minimum Gasteiger partial charge on any atom is -0.344 e. The van der Waals surface area contributed by atoms with Crippen LogP contribution in [-0.2, 0) is 0 Å². The first kappa shape index (κ1) is 18.2. The Morgan fingerprint density at radius 3 is 2.46 bits per heavy atom. The summed E-state index contributed by atoms with van der Waals surface area (Å²) in [5.41, 5.74) is 2.11. The molecule has 2 aromatic heterocycles. The van der Waals surface area contributed by atoms with Crippen molar-refractivity contribution in [3.8, 4) is 0 Å². The number of aryl methyl sites for hydroxylation is 1. The molecule has 1 N–H and O–H groups in total. The van der Waals surface area contributed by atoms with Crippen molar-refractivity contribution in [1.29, 1.82) is 0 Å². The highest BCUT2D eigenvalue weighted by molar-refractivity contribution is 5.92. The minimum absolute atomic E-state index is 0.203. The number of amides is 1. The van der Waals surface area contributed by atoms with Gasteiger partial charge < -0.3 is 10.2 Å². The van der Waals surface area contributed by atoms with E-state index in [1.165, 1.54) is 44.5 Å². The molecule has 1 aliphatic heterocycles. The zero-order valence-corrected chi connectivity index (χ0v) is 15.5. The average molecular weight is 354 g/mol. The minimum atomic E-state index is -0.252. The Kier molecular flexibility index (Phi) is 6.09. The molecule has 7 nitrogen and oxygen atoms in total. The van der Waals surface area contributed by atoms with Crippen LogP contribution in [0.1, 0.15) is 66.8 Å². The molecule has 7 heteroatoms. The van der Waals surface area contributed by atoms with Crippen molar-refractivity contribution in [2.75, 3.05) is 18.0 Å². The first-order valence-electron chi connectivity index (χ1n) is 9.30. The van der Waals surface area contributed by atoms with Gasteiger partial charge in [-0.15, -0.1) is 0 Å². The third-order valence-corrected chi connectivity index (χ3v) is 4.75. The van der Waals surface area contributed by atoms with Gasteiger partial charge in [0.2, 0.25) is 5.95 Å². The molecule has 0 aromatic carbocycles. The Labute approximate surface area is 154 Å². The van der Waals surface area contributed by atoms with Crippen LogP contribution in [0.2, 0.25) is 0 Å². The first-order valence-corrected chi connectivity index (χ1v) is 9.30. The Morgan fingerprint density at radius 2 is 1.81 bits per heavy atom. The van der Waals surface area contributed by atoms with Crippen molar-refractivity contribution in [3.05, 3.63) is 41.7 Å². The van der Waals surface area contributed by atoms with Gasteiger partial charge >= 0.3 is 0 Å². The van der Waals surface area contributed by atoms with Gasteiger partial charge in [0.25, 0.3) is 5.91 Å². The number of carbonyl (C=O) groups excluding carboxylic acids is 1. The molecular weight excluding hydrogens is 328 g/mol. The highest BCUT2D eigenvalue weighted by atomic mass is 16.1. The summed E-state index contributed by atoms with van der Waals surface area (Å²) < 4.78 is 0. The summed E-state index contributed by atoms with van der Waals surface area (Å²) in [6.45, 7) is 5.92. The van der Waals surface area contributed by atoms with Crippen molar-refractivity contribution in [2.45, 2.75) is 52.0 Å². The summed E-state index contributed by atoms with van der Waals surface area (Å²) >= 11 is 0. The van der Waals surface area contributed by atoms with Crippen LogP contribution in [0.3, 0.4) is 0 Å². The molecule has 0 radical (unpaired) electrons. The third-order valence-electron chi connectivity index (χ3n) is 4.75. The monoisotopic (exact) mass is 354 g/mol. The Morgan fingerprint density at radius 1 is 1.08 bits per heavy atom. The topological polar surface area (TPSA) is 83.9 Å². The fraction of sp³-hybridized carbons (Fsp3) is 0.526. The van der Waals surface area contributed by atoms with Gasteiger partial charge in [-0.1, -0.05) is 19.3 Å². The second kappa shape index (κ2) is 8.69. The maximum Gasteiger partial charge on any atom is 0.271 e. The Hall–Kier alpha value is -2.57. The molecule has 1 aliphatic rings. The summed E-state index contributed by atoms with van der Waals surface area (Å²) in [5.74, 6) is 0.540. The SMILES string of the molecule is Cc1nc(N2CCCCCCC2)ncc1C(C)NC(=O)c1cnccn1. The van der Waals surface area contributed by atoms with E-state index in [-0.39, 0.29) is 11.9 Å². The molecule has 3 rings (SSSR count). The summed E-state index contributed by atoms with van der Waals surface area (Å²) in [5, 5.41) is 2.94. The molecule has 1 unspecified atom stereocenters. The molecule has 1 fully saturated rings. The van der Waals surface area contributed by atoms with Crippen LogP contribution >= 0.6 is 0 Å². The third kappa shape index (κ3) is 4.53. The summed E-state index contributed by atoms with van der Waals surface area (Å²) in [4.78, 5) is 31.8. The zero-order valence-electron chi connectivity index (χ0n) is 15.5. The largest absolute Gasteiger partial charge is 0.344 e. The molecule has 26 heavy (non-hydrogen) atoms. The van der Waals surface area contributed by atoms with E-state index in [2.05, 4.69) is 25.2 Å². The van der Waals surface area contributed by atoms with Gasteiger partial charge in [-0.2, -0.15) is 0 Å². The summed E-state index contributed by atoms with van der Waals surface area (Å²) in [6, 6.07) is -0.203. The second-order valence-electron chi connectivity index (χ2n) is 6.75. The summed E-state index contributed by atoms with van der Waals surface area (Å²) in [6.07, 6.45) is 12.6. The Balaban J connectivity index is 1.69. The van der Waals surface area contributed by atoms with Gasteiger partial charge in [-0.25, -0.2) is 15.0 Å². The van der Waals surface area contributed by atoms with E-state index < -0.39 is 0 Å². The average Bonchev–Trinajstić information content (AvgIpc) is 2.62. The lowest BCUT2D eigenvalue weighted by Gasteiger charge is -2.25. The smallest absolute Gasteiger partial charge is 0.271 e. The summed E-state index contributed by atoms with van der Waals surface area (Å²) in [7, 11) is 0. The predicted octanol–water partition coefficient (Wildman–Crippen LogP) is 2.84. The maximum atomic E-state index is 12.3. The highest BCUT2D eigenvalue weighted by Gasteiger charge is 2.18. The fourth-order valence-electron chi connectivity index (χ4n) is 3.25. The van der Waals surface area contributed by atoms with E-state index in [4.69, 9.17) is 4.98 Å². The van der Waals surface area contributed by atoms with Gasteiger partial charge in [-0.05, 0) is 26.7 Å². The van der Waals surface area contributed by atoms with Crippen LogP contribution in [0.25, 0.3) is 0 Å². The van der Waals surface area contributed by atoms with Crippen molar-refractivity contribution < 1.29 is 4.79 Å². The number of hydrogen-bond donors (Lipinski definition) is 1. The first-order chi connectivity index (χ1) is 12.6. The highest BCUT2D eigenvalue weighted by Crippen LogP contribution is 2.20. The van der Waals surface area contributed by atoms with Crippen molar-refractivity contribution in [2.24, 2.45) is 0 Å². The number of rotatable bonds is 4. The van der Waals surface area contributed by atoms with Crippen LogP contribution in [0.15, 0.2) is 24.8 Å². The molecule has 138 valence electrons. The lowest BCUT2D eigenvalue weighted by atomic mass is 10.1. The molecule has 2 aromatic rings. The van der Waals surface area contributed by atoms with Gasteiger partial charge in [0, 0.05) is 42.9 Å². The molecule has 1 amide bonds. The van der Waals surface area contributed by atoms with Gasteiger partial charge in [0.15, 0.2) is 0 Å². The quantitative estimate of drug-likeness (QED) is 0.909. The lowest BCUT2D eigenvalue weighted by molar-refractivity contribution is 0.0934. The van der Waals surface area contributed by atoms with Gasteiger partial charge in [-0.3, -0.25) is 9.78 Å². The molecule has 3 heterocycles. The fourth-order valence-corrected chi connectivity index (χ4v) is 3.25. The van der Waals surface area contributed by atoms with Crippen molar-refractivity contribution in [1.82, 2.24) is 25.3 Å². The van der Waals surface area contributed by atoms with Crippen LogP contribution < -0.4 is 10.2 Å². The van der Waals surface area contributed by atoms with Gasteiger partial charge in [0.05, 0.1) is 12.2 Å². The Bertz CT molecular complexity index is 728. The van der Waals surface area contributed by atoms with Crippen molar-refractivity contribution >= 4 is 11.9 Å². The van der Waals surface area contributed by atoms with Crippen LogP contribution in [-0.4, -0.2) is 38.9 Å². The van der Waals surface area contributed by atoms with Gasteiger partial charge in [0.1, 0.15) is 5.69 Å². The van der Waals surface area contributed by atoms with E-state index in [9.17, 15) is 4.79 Å². The van der Waals surface area contributed by atoms with Crippen molar-refractivity contribution in [3.63, 3.8) is 0 Å². The second-order valence-corrected chi connectivity index (χ2v) is 6.75. The number of nitrogens with one attached hydrogen (secondary N) is 1. The van der Waals surface area contributed by atoms with E-state index in [1.807, 2.05) is 20.0 Å². The van der Waals surface area contributed by atoms with E-state index in [0.717, 1.165) is 30.3 Å². The van der Waals surface area contributed by atoms with Crippen LogP contribution in [0.4, 0.5) is 5.95 Å². The zero-order chi connectivity index (χ0) is 18.4. The standard InChI is InChI=1S/C19H26N6O/c1-14(23-18(26)17-13-20-8-9-21-17)16-12-22-19(24-15(16)2)25-10-6-4-3-5-7-11-25/h8-9,12-14H,3-7,10-11H2,1-2H3,(H,23,26). The normalized spacial score (nSPS) is 16.5. The molecule has 0 bridgehead atoms. The molecule has 1 atom stereocenters. The van der Waals surface area contributed by atoms with E-state index >= 15 is 0 Å². The molecule has 0 saturated carbocycles. The number of carbonyl (C=O) groups is 1. The molecule has 0 spiro atoms. The van der Waals surface area contributed by atoms with E-state index in [0.29, 0.717) is 5.69 Å².